The molecule has 41 heavy (non-hydrogen) atoms. The van der Waals surface area contributed by atoms with Crippen LogP contribution in [0.5, 0.6) is 0 Å². The smallest absolute Gasteiger partial charge is 0.304 e. The third-order valence-electron chi connectivity index (χ3n) is 8.67. The van der Waals surface area contributed by atoms with Gasteiger partial charge in [0.2, 0.25) is 0 Å². The van der Waals surface area contributed by atoms with Crippen molar-refractivity contribution in [2.45, 2.75) is 57.0 Å². The van der Waals surface area contributed by atoms with E-state index in [0.717, 1.165) is 72.0 Å². The molecule has 1 aromatic carbocycles. The van der Waals surface area contributed by atoms with Crippen molar-refractivity contribution in [2.75, 3.05) is 44.8 Å². The third-order valence-corrected chi connectivity index (χ3v) is 10.2. The average Bonchev–Trinajstić information content (AvgIpc) is 3.32. The van der Waals surface area contributed by atoms with Gasteiger partial charge in [0.05, 0.1) is 22.5 Å². The number of anilines is 1. The number of fused-ring (bicyclic) bond motifs is 1. The Kier molecular flexibility index (Phi) is 7.97. The normalized spacial score (nSPS) is 19.9. The Morgan fingerprint density at radius 3 is 2.39 bits per heavy atom. The number of piperidine rings is 2. The number of benzene rings is 1. The van der Waals surface area contributed by atoms with Crippen molar-refractivity contribution < 1.29 is 22.3 Å². The maximum atomic E-state index is 13.6. The highest BCUT2D eigenvalue weighted by Crippen LogP contribution is 2.43. The van der Waals surface area contributed by atoms with Crippen molar-refractivity contribution in [1.29, 1.82) is 0 Å². The summed E-state index contributed by atoms with van der Waals surface area (Å²) < 4.78 is 50.2. The minimum Gasteiger partial charge on any atom is -0.384 e. The number of halogens is 1. The molecule has 6 rings (SSSR count). The lowest BCUT2D eigenvalue weighted by Gasteiger charge is -2.34. The Morgan fingerprint density at radius 2 is 1.76 bits per heavy atom. The van der Waals surface area contributed by atoms with Crippen molar-refractivity contribution in [2.24, 2.45) is 5.92 Å². The molecule has 2 aromatic heterocycles. The Morgan fingerprint density at radius 1 is 1.05 bits per heavy atom. The summed E-state index contributed by atoms with van der Waals surface area (Å²) in [7, 11) is -2.42. The summed E-state index contributed by atoms with van der Waals surface area (Å²) in [5, 5.41) is 5.98. The van der Waals surface area contributed by atoms with E-state index in [4.69, 9.17) is 14.8 Å². The fourth-order valence-electron chi connectivity index (χ4n) is 6.08. The first kappa shape index (κ1) is 28.0. The highest BCUT2D eigenvalue weighted by atomic mass is 32.2. The number of carbonyl (C=O) groups is 1. The summed E-state index contributed by atoms with van der Waals surface area (Å²) in [6.45, 7) is 2.34. The van der Waals surface area contributed by atoms with Crippen molar-refractivity contribution >= 4 is 32.8 Å². The van der Waals surface area contributed by atoms with Crippen LogP contribution in [-0.2, 0) is 14.9 Å². The fraction of sp³-hybridized carbons (Fsp3) is 0.552. The maximum absolute atomic E-state index is 13.6. The first-order valence-electron chi connectivity index (χ1n) is 14.5. The van der Waals surface area contributed by atoms with Gasteiger partial charge < -0.3 is 9.64 Å². The molecular weight excluding hydrogens is 547 g/mol. The van der Waals surface area contributed by atoms with Crippen LogP contribution in [-0.4, -0.2) is 79.5 Å². The zero-order chi connectivity index (χ0) is 28.6. The zero-order valence-corrected chi connectivity index (χ0v) is 24.2. The van der Waals surface area contributed by atoms with Gasteiger partial charge in [-0.05, 0) is 62.6 Å². The van der Waals surface area contributed by atoms with Crippen LogP contribution in [0.3, 0.4) is 0 Å². The molecule has 1 saturated carbocycles. The molecule has 0 radical (unpaired) electrons. The van der Waals surface area contributed by atoms with E-state index in [2.05, 4.69) is 9.62 Å². The number of aromatic nitrogens is 3. The van der Waals surface area contributed by atoms with E-state index in [1.165, 1.54) is 0 Å². The topological polar surface area (TPSA) is 110 Å². The number of pyridine rings is 1. The van der Waals surface area contributed by atoms with Crippen molar-refractivity contribution in [1.82, 2.24) is 23.8 Å². The number of carbonyl (C=O) groups excluding carboxylic acids is 1. The van der Waals surface area contributed by atoms with Gasteiger partial charge in [-0.1, -0.05) is 24.6 Å². The van der Waals surface area contributed by atoms with E-state index in [1.807, 2.05) is 30.3 Å². The van der Waals surface area contributed by atoms with Gasteiger partial charge in [-0.25, -0.2) is 18.8 Å². The molecule has 0 unspecified atom stereocenters. The summed E-state index contributed by atoms with van der Waals surface area (Å²) >= 11 is 0. The molecule has 0 bridgehead atoms. The molecule has 10 nitrogen and oxygen atoms in total. The monoisotopic (exact) mass is 584 g/mol. The van der Waals surface area contributed by atoms with Gasteiger partial charge in [-0.2, -0.15) is 17.8 Å². The first-order chi connectivity index (χ1) is 19.8. The molecule has 1 amide bonds. The number of hydrogen-bond donors (Lipinski definition) is 1. The number of nitrogens with zero attached hydrogens (tertiary/aromatic N) is 5. The predicted molar refractivity (Wildman–Crippen MR) is 154 cm³/mol. The molecule has 3 fully saturated rings. The Balaban J connectivity index is 1.43. The SMILES string of the molecule is COCC1CCN(c2cc(C(=O)NS(=O)(=O)N3CCC(F)CC3)nc3c2c(C2CCC2)nn3-c2ccccc2)CC1. The highest BCUT2D eigenvalue weighted by Gasteiger charge is 2.33. The zero-order valence-electron chi connectivity index (χ0n) is 23.3. The van der Waals surface area contributed by atoms with Crippen LogP contribution >= 0.6 is 0 Å². The van der Waals surface area contributed by atoms with E-state index in [1.54, 1.807) is 17.9 Å². The summed E-state index contributed by atoms with van der Waals surface area (Å²) in [6.07, 6.45) is 4.34. The Hall–Kier alpha value is -3.09. The standard InChI is InChI=1S/C29H37FN6O4S/c1-40-19-20-10-14-34(15-11-20)25-18-24(29(37)33-41(38,39)35-16-12-22(30)13-17-35)31-28-26(25)27(21-6-5-7-21)32-36(28)23-8-3-2-4-9-23/h2-4,8-9,18,20-22H,5-7,10-17,19H2,1H3,(H,33,37). The summed E-state index contributed by atoms with van der Waals surface area (Å²) in [6, 6.07) is 11.4. The van der Waals surface area contributed by atoms with Crippen molar-refractivity contribution in [3.8, 4) is 5.69 Å². The van der Waals surface area contributed by atoms with Crippen LogP contribution in [0.15, 0.2) is 36.4 Å². The Labute approximate surface area is 240 Å². The van der Waals surface area contributed by atoms with Crippen LogP contribution in [0.25, 0.3) is 16.7 Å². The van der Waals surface area contributed by atoms with Crippen molar-refractivity contribution in [3.05, 3.63) is 47.8 Å². The minimum absolute atomic E-state index is 0.00714. The number of para-hydroxylation sites is 1. The van der Waals surface area contributed by atoms with Crippen LogP contribution in [0.2, 0.25) is 0 Å². The number of hydrogen-bond acceptors (Lipinski definition) is 7. The molecule has 1 aliphatic carbocycles. The maximum Gasteiger partial charge on any atom is 0.304 e. The molecule has 220 valence electrons. The van der Waals surface area contributed by atoms with E-state index in [-0.39, 0.29) is 31.6 Å². The average molecular weight is 585 g/mol. The summed E-state index contributed by atoms with van der Waals surface area (Å²) in [4.78, 5) is 20.5. The highest BCUT2D eigenvalue weighted by molar-refractivity contribution is 7.87. The molecule has 0 atom stereocenters. The van der Waals surface area contributed by atoms with Gasteiger partial charge in [0.15, 0.2) is 5.65 Å². The molecule has 1 N–H and O–H groups in total. The minimum atomic E-state index is -4.15. The second-order valence-electron chi connectivity index (χ2n) is 11.4. The second-order valence-corrected chi connectivity index (χ2v) is 13.1. The lowest BCUT2D eigenvalue weighted by Crippen LogP contribution is -2.47. The second kappa shape index (κ2) is 11.7. The molecule has 2 saturated heterocycles. The van der Waals surface area contributed by atoms with E-state index in [9.17, 15) is 17.6 Å². The summed E-state index contributed by atoms with van der Waals surface area (Å²) in [5.41, 5.74) is 3.20. The van der Waals surface area contributed by atoms with E-state index < -0.39 is 22.3 Å². The molecule has 2 aliphatic heterocycles. The number of methoxy groups -OCH3 is 1. The van der Waals surface area contributed by atoms with E-state index >= 15 is 0 Å². The third kappa shape index (κ3) is 5.69. The van der Waals surface area contributed by atoms with Crippen LogP contribution in [0.4, 0.5) is 10.1 Å². The van der Waals surface area contributed by atoms with Gasteiger partial charge >= 0.3 is 10.2 Å². The molecule has 0 spiro atoms. The number of ether oxygens (including phenoxy) is 1. The lowest BCUT2D eigenvalue weighted by atomic mass is 9.82. The van der Waals surface area contributed by atoms with Gasteiger partial charge in [-0.3, -0.25) is 4.79 Å². The molecule has 3 aliphatic rings. The number of rotatable bonds is 8. The lowest BCUT2D eigenvalue weighted by molar-refractivity contribution is 0.0973. The molecular formula is C29H37FN6O4S. The largest absolute Gasteiger partial charge is 0.384 e. The summed E-state index contributed by atoms with van der Waals surface area (Å²) in [5.74, 6) is -0.0311. The van der Waals surface area contributed by atoms with Gasteiger partial charge in [0.25, 0.3) is 5.91 Å². The van der Waals surface area contributed by atoms with Crippen molar-refractivity contribution in [3.63, 3.8) is 0 Å². The molecule has 4 heterocycles. The fourth-order valence-corrected chi connectivity index (χ4v) is 7.24. The predicted octanol–water partition coefficient (Wildman–Crippen LogP) is 3.96. The van der Waals surface area contributed by atoms with Gasteiger partial charge in [0.1, 0.15) is 11.9 Å². The van der Waals surface area contributed by atoms with E-state index in [0.29, 0.717) is 24.1 Å². The van der Waals surface area contributed by atoms with Gasteiger partial charge in [-0.15, -0.1) is 0 Å². The number of nitrogens with one attached hydrogen (secondary N) is 1. The van der Waals surface area contributed by atoms with Crippen LogP contribution in [0.1, 0.15) is 67.0 Å². The number of alkyl halides is 1. The number of amides is 1. The van der Waals surface area contributed by atoms with Crippen LogP contribution in [0, 0.1) is 5.92 Å². The Bertz CT molecular complexity index is 1490. The quantitative estimate of drug-likeness (QED) is 0.427. The molecule has 12 heteroatoms. The van der Waals surface area contributed by atoms with Crippen LogP contribution < -0.4 is 9.62 Å². The van der Waals surface area contributed by atoms with Gasteiger partial charge in [0, 0.05) is 45.8 Å². The molecule has 3 aromatic rings. The first-order valence-corrected chi connectivity index (χ1v) is 16.0.